The lowest BCUT2D eigenvalue weighted by atomic mass is 9.74. The Labute approximate surface area is 293 Å². The summed E-state index contributed by atoms with van der Waals surface area (Å²) in [5.41, 5.74) is 13.6. The van der Waals surface area contributed by atoms with Crippen molar-refractivity contribution in [1.82, 2.24) is 19.1 Å². The number of hydrogen-bond acceptors (Lipinski definition) is 2. The number of rotatable bonds is 6. The molecule has 0 atom stereocenters. The number of hydrogen-bond donors (Lipinski definition) is 0. The molecule has 0 saturated heterocycles. The van der Waals surface area contributed by atoms with E-state index in [-0.39, 0.29) is 10.8 Å². The second-order valence-corrected chi connectivity index (χ2v) is 14.5. The Morgan fingerprint density at radius 3 is 1.12 bits per heavy atom. The molecule has 0 aromatic heterocycles. The van der Waals surface area contributed by atoms with Gasteiger partial charge in [-0.1, -0.05) is 113 Å². The van der Waals surface area contributed by atoms with Crippen LogP contribution in [0.2, 0.25) is 0 Å². The highest BCUT2D eigenvalue weighted by Crippen LogP contribution is 2.37. The molecule has 0 unspecified atom stereocenters. The van der Waals surface area contributed by atoms with E-state index in [1.54, 1.807) is 0 Å². The van der Waals surface area contributed by atoms with E-state index in [1.165, 1.54) is 44.2 Å². The Morgan fingerprint density at radius 1 is 0.400 bits per heavy atom. The molecule has 0 fully saturated rings. The van der Waals surface area contributed by atoms with E-state index in [2.05, 4.69) is 183 Å². The summed E-state index contributed by atoms with van der Waals surface area (Å²) in [6.45, 7) is 9.23. The van der Waals surface area contributed by atoms with Gasteiger partial charge in [0.15, 0.2) is 0 Å². The Hall–Kier alpha value is -6.00. The summed E-state index contributed by atoms with van der Waals surface area (Å²) >= 11 is 0. The minimum Gasteiger partial charge on any atom is -0.322 e. The Balaban J connectivity index is 0.935. The molecule has 5 aromatic carbocycles. The fourth-order valence-corrected chi connectivity index (χ4v) is 7.52. The summed E-state index contributed by atoms with van der Waals surface area (Å²) < 4.78 is 4.32. The van der Waals surface area contributed by atoms with Gasteiger partial charge in [0.2, 0.25) is 0 Å². The summed E-state index contributed by atoms with van der Waals surface area (Å²) in [5.74, 6) is 0. The van der Waals surface area contributed by atoms with E-state index in [4.69, 9.17) is 9.97 Å². The predicted molar refractivity (Wildman–Crippen MR) is 206 cm³/mol. The van der Waals surface area contributed by atoms with Crippen LogP contribution in [0, 0.1) is 0 Å². The quantitative estimate of drug-likeness (QED) is 0.180. The number of pyridine rings is 2. The van der Waals surface area contributed by atoms with Crippen LogP contribution in [0.15, 0.2) is 158 Å². The van der Waals surface area contributed by atoms with Gasteiger partial charge in [0.1, 0.15) is 0 Å². The number of benzene rings is 5. The van der Waals surface area contributed by atoms with Gasteiger partial charge in [0, 0.05) is 68.9 Å². The first-order chi connectivity index (χ1) is 24.3. The lowest BCUT2D eigenvalue weighted by Gasteiger charge is -2.30. The zero-order chi connectivity index (χ0) is 34.0. The molecule has 4 aliphatic rings. The summed E-state index contributed by atoms with van der Waals surface area (Å²) in [4.78, 5) is 9.70. The first-order valence-corrected chi connectivity index (χ1v) is 17.3. The molecule has 0 spiro atoms. The maximum atomic E-state index is 4.85. The van der Waals surface area contributed by atoms with E-state index in [9.17, 15) is 0 Å². The highest BCUT2D eigenvalue weighted by atomic mass is 15.0. The van der Waals surface area contributed by atoms with E-state index in [0.29, 0.717) is 0 Å². The molecule has 4 heteroatoms. The first kappa shape index (κ1) is 30.1. The Morgan fingerprint density at radius 2 is 0.740 bits per heavy atom. The lowest BCUT2D eigenvalue weighted by molar-refractivity contribution is 0.626. The van der Waals surface area contributed by atoms with Crippen LogP contribution in [0.4, 0.5) is 0 Å². The van der Waals surface area contributed by atoms with Gasteiger partial charge in [-0.2, -0.15) is 0 Å². The van der Waals surface area contributed by atoms with Gasteiger partial charge in [0.25, 0.3) is 0 Å². The predicted octanol–water partition coefficient (Wildman–Crippen LogP) is 11.2. The van der Waals surface area contributed by atoms with Crippen LogP contribution < -0.4 is 0 Å². The summed E-state index contributed by atoms with van der Waals surface area (Å²) in [7, 11) is 0. The summed E-state index contributed by atoms with van der Waals surface area (Å²) in [6.07, 6.45) is 8.52. The topological polar surface area (TPSA) is 35.6 Å². The van der Waals surface area contributed by atoms with Crippen molar-refractivity contribution in [3.05, 3.63) is 181 Å². The fraction of sp³-hybridized carbons (Fsp3) is 0.130. The molecular weight excluding hydrogens is 609 g/mol. The summed E-state index contributed by atoms with van der Waals surface area (Å²) in [6, 6.07) is 48.1. The third-order valence-corrected chi connectivity index (χ3v) is 10.9. The van der Waals surface area contributed by atoms with Crippen molar-refractivity contribution < 1.29 is 0 Å². The van der Waals surface area contributed by atoms with Gasteiger partial charge in [-0.3, -0.25) is 0 Å². The SMILES string of the molecule is CC(C)(c1ccc(-n2ccc3c4ccccc4nc-3c2)cc1)c1ccc(C(C)(C)c2ccc(-n3ccc4c5ccccc5nc-4c3)cc2)cc1. The van der Waals surface area contributed by atoms with Gasteiger partial charge >= 0.3 is 0 Å². The minimum atomic E-state index is -0.150. The zero-order valence-electron chi connectivity index (χ0n) is 28.8. The maximum Gasteiger partial charge on any atom is 0.0882 e. The highest BCUT2D eigenvalue weighted by Gasteiger charge is 2.27. The van der Waals surface area contributed by atoms with Crippen molar-refractivity contribution in [1.29, 1.82) is 0 Å². The molecular formula is C46H38N4. The smallest absolute Gasteiger partial charge is 0.0882 e. The van der Waals surface area contributed by atoms with Crippen molar-refractivity contribution in [2.24, 2.45) is 0 Å². The molecule has 242 valence electrons. The van der Waals surface area contributed by atoms with E-state index < -0.39 is 0 Å². The monoisotopic (exact) mass is 646 g/mol. The van der Waals surface area contributed by atoms with Crippen LogP contribution in [0.3, 0.4) is 0 Å². The average Bonchev–Trinajstić information content (AvgIpc) is 3.72. The van der Waals surface area contributed by atoms with Gasteiger partial charge in [-0.15, -0.1) is 0 Å². The van der Waals surface area contributed by atoms with Crippen LogP contribution >= 0.6 is 0 Å². The van der Waals surface area contributed by atoms with Crippen LogP contribution in [0.25, 0.3) is 55.7 Å². The molecule has 0 saturated carbocycles. The van der Waals surface area contributed by atoms with Crippen molar-refractivity contribution in [3.63, 3.8) is 0 Å². The fourth-order valence-electron chi connectivity index (χ4n) is 7.52. The van der Waals surface area contributed by atoms with Gasteiger partial charge < -0.3 is 9.13 Å². The third-order valence-electron chi connectivity index (χ3n) is 10.9. The molecule has 50 heavy (non-hydrogen) atoms. The molecule has 4 aliphatic heterocycles. The molecule has 9 rings (SSSR count). The van der Waals surface area contributed by atoms with Crippen molar-refractivity contribution >= 4 is 21.8 Å². The second-order valence-electron chi connectivity index (χ2n) is 14.5. The molecule has 0 bridgehead atoms. The molecule has 4 nitrogen and oxygen atoms in total. The average molecular weight is 647 g/mol. The van der Waals surface area contributed by atoms with E-state index in [1.807, 2.05) is 12.1 Å². The van der Waals surface area contributed by atoms with Gasteiger partial charge in [-0.25, -0.2) is 9.97 Å². The number of aromatic nitrogens is 4. The maximum absolute atomic E-state index is 4.85. The van der Waals surface area contributed by atoms with Crippen LogP contribution in [0.5, 0.6) is 0 Å². The molecule has 0 N–H and O–H groups in total. The standard InChI is InChI=1S/C46H38N4/c1-45(2,33-17-21-35(22-18-33)49-27-25-39-37-9-5-7-11-41(37)47-43(39)29-49)31-13-15-32(16-14-31)46(3,4)34-19-23-36(24-20-34)50-28-26-40-38-10-6-8-12-42(38)48-44(40)30-50/h5-30H,1-4H3. The molecule has 4 heterocycles. The molecule has 0 amide bonds. The zero-order valence-corrected chi connectivity index (χ0v) is 28.8. The number of para-hydroxylation sites is 2. The normalized spacial score (nSPS) is 12.4. The Kier molecular flexibility index (Phi) is 6.79. The molecule has 5 aromatic rings. The van der Waals surface area contributed by atoms with Gasteiger partial charge in [0.05, 0.1) is 22.4 Å². The van der Waals surface area contributed by atoms with Crippen LogP contribution in [0.1, 0.15) is 49.9 Å². The summed E-state index contributed by atoms with van der Waals surface area (Å²) in [5, 5.41) is 2.40. The van der Waals surface area contributed by atoms with E-state index in [0.717, 1.165) is 33.8 Å². The largest absolute Gasteiger partial charge is 0.322 e. The molecule has 0 radical (unpaired) electrons. The van der Waals surface area contributed by atoms with Crippen LogP contribution in [-0.2, 0) is 10.8 Å². The Bertz CT molecular complexity index is 2380. The van der Waals surface area contributed by atoms with Crippen LogP contribution in [-0.4, -0.2) is 19.1 Å². The molecule has 0 aliphatic carbocycles. The van der Waals surface area contributed by atoms with E-state index >= 15 is 0 Å². The lowest BCUT2D eigenvalue weighted by Crippen LogP contribution is -2.21. The van der Waals surface area contributed by atoms with Crippen molar-refractivity contribution in [3.8, 4) is 33.9 Å². The first-order valence-electron chi connectivity index (χ1n) is 17.3. The minimum absolute atomic E-state index is 0.150. The third kappa shape index (κ3) is 4.90. The van der Waals surface area contributed by atoms with Crippen molar-refractivity contribution in [2.75, 3.05) is 0 Å². The number of nitrogens with zero attached hydrogens (tertiary/aromatic N) is 4. The second kappa shape index (κ2) is 11.3. The highest BCUT2D eigenvalue weighted by molar-refractivity contribution is 5.98. The number of fused-ring (bicyclic) bond motifs is 6. The van der Waals surface area contributed by atoms with Gasteiger partial charge in [-0.05, 0) is 70.8 Å². The van der Waals surface area contributed by atoms with Crippen molar-refractivity contribution in [2.45, 2.75) is 38.5 Å².